The average molecular weight is 382 g/mol. The van der Waals surface area contributed by atoms with Gasteiger partial charge in [-0.05, 0) is 32.4 Å². The molecule has 0 radical (unpaired) electrons. The van der Waals surface area contributed by atoms with Crippen LogP contribution in [-0.2, 0) is 9.59 Å². The molecule has 7 nitrogen and oxygen atoms in total. The summed E-state index contributed by atoms with van der Waals surface area (Å²) in [6.45, 7) is 6.23. The van der Waals surface area contributed by atoms with Gasteiger partial charge in [0.05, 0.1) is 17.3 Å². The molecule has 2 rings (SSSR count). The summed E-state index contributed by atoms with van der Waals surface area (Å²) in [6.07, 6.45) is 4.83. The number of carbonyl (C=O) groups is 2. The number of para-hydroxylation sites is 1. The number of imidazole rings is 1. The molecule has 26 heavy (non-hydrogen) atoms. The van der Waals surface area contributed by atoms with Gasteiger partial charge in [0, 0.05) is 24.9 Å². The Morgan fingerprint density at radius 1 is 1.50 bits per heavy atom. The number of halogens is 1. The molecular formula is C18H24ClN3O4. The Kier molecular flexibility index (Phi) is 9.22. The van der Waals surface area contributed by atoms with E-state index in [1.165, 1.54) is 0 Å². The minimum Gasteiger partial charge on any atom is -0.490 e. The molecule has 1 heterocycles. The Bertz CT molecular complexity index is 718. The van der Waals surface area contributed by atoms with Crippen LogP contribution in [-0.4, -0.2) is 33.6 Å². The van der Waals surface area contributed by atoms with E-state index in [1.54, 1.807) is 24.4 Å². The van der Waals surface area contributed by atoms with Crippen LogP contribution in [0.15, 0.2) is 30.6 Å². The number of rotatable bonds is 7. The van der Waals surface area contributed by atoms with E-state index >= 15 is 0 Å². The van der Waals surface area contributed by atoms with E-state index in [9.17, 15) is 4.79 Å². The van der Waals surface area contributed by atoms with Gasteiger partial charge in [-0.1, -0.05) is 24.6 Å². The number of aryl methyl sites for hydroxylation is 1. The number of nitrogens with zero attached hydrogens (tertiary/aromatic N) is 2. The Morgan fingerprint density at radius 2 is 2.19 bits per heavy atom. The number of ether oxygens (including phenoxy) is 1. The molecule has 0 aliphatic carbocycles. The third-order valence-corrected chi connectivity index (χ3v) is 3.81. The van der Waals surface area contributed by atoms with E-state index in [0.29, 0.717) is 29.5 Å². The fourth-order valence-corrected chi connectivity index (χ4v) is 2.61. The van der Waals surface area contributed by atoms with Gasteiger partial charge in [-0.2, -0.15) is 0 Å². The molecule has 0 spiro atoms. The van der Waals surface area contributed by atoms with Crippen molar-refractivity contribution >= 4 is 29.7 Å². The van der Waals surface area contributed by atoms with E-state index < -0.39 is 0 Å². The molecule has 0 aliphatic heterocycles. The van der Waals surface area contributed by atoms with Gasteiger partial charge in [0.25, 0.3) is 6.47 Å². The van der Waals surface area contributed by atoms with Crippen LogP contribution in [0.4, 0.5) is 5.69 Å². The van der Waals surface area contributed by atoms with Crippen LogP contribution in [0, 0.1) is 6.92 Å². The molecule has 0 saturated heterocycles. The van der Waals surface area contributed by atoms with Crippen LogP contribution in [0.5, 0.6) is 5.75 Å². The quantitative estimate of drug-likeness (QED) is 0.709. The lowest BCUT2D eigenvalue weighted by atomic mass is 10.2. The normalized spacial score (nSPS) is 11.1. The first-order chi connectivity index (χ1) is 12.4. The number of benzene rings is 1. The number of carboxylic acid groups (broad SMARTS) is 1. The third-order valence-electron chi connectivity index (χ3n) is 3.51. The van der Waals surface area contributed by atoms with Gasteiger partial charge >= 0.3 is 0 Å². The molecule has 1 aromatic carbocycles. The van der Waals surface area contributed by atoms with E-state index in [4.69, 9.17) is 26.2 Å². The Balaban J connectivity index is 0.00000105. The highest BCUT2D eigenvalue weighted by molar-refractivity contribution is 6.32. The summed E-state index contributed by atoms with van der Waals surface area (Å²) in [7, 11) is 0. The summed E-state index contributed by atoms with van der Waals surface area (Å²) in [5.74, 6) is 1.32. The fraction of sp³-hybridized carbons (Fsp3) is 0.389. The summed E-state index contributed by atoms with van der Waals surface area (Å²) in [5.41, 5.74) is 0.602. The van der Waals surface area contributed by atoms with Crippen molar-refractivity contribution in [3.05, 3.63) is 41.4 Å². The molecular weight excluding hydrogens is 358 g/mol. The molecule has 142 valence electrons. The zero-order valence-corrected chi connectivity index (χ0v) is 15.9. The predicted octanol–water partition coefficient (Wildman–Crippen LogP) is 3.92. The fourth-order valence-electron chi connectivity index (χ4n) is 2.38. The van der Waals surface area contributed by atoms with Crippen LogP contribution >= 0.6 is 11.6 Å². The monoisotopic (exact) mass is 381 g/mol. The number of amides is 1. The second-order valence-corrected chi connectivity index (χ2v) is 5.96. The van der Waals surface area contributed by atoms with Crippen molar-refractivity contribution in [2.75, 3.05) is 11.9 Å². The third kappa shape index (κ3) is 6.40. The van der Waals surface area contributed by atoms with Crippen molar-refractivity contribution < 1.29 is 19.4 Å². The van der Waals surface area contributed by atoms with Gasteiger partial charge < -0.3 is 19.7 Å². The van der Waals surface area contributed by atoms with E-state index in [-0.39, 0.29) is 18.4 Å². The van der Waals surface area contributed by atoms with Gasteiger partial charge in [0.1, 0.15) is 5.82 Å². The zero-order valence-electron chi connectivity index (χ0n) is 15.1. The number of hydrogen-bond donors (Lipinski definition) is 2. The zero-order chi connectivity index (χ0) is 19.5. The highest BCUT2D eigenvalue weighted by Crippen LogP contribution is 2.33. The van der Waals surface area contributed by atoms with Crippen molar-refractivity contribution in [3.63, 3.8) is 0 Å². The SMILES string of the molecule is CCCOc1c(Cl)cccc1NC(=O)CC(C)n1ccnc1C.O=CO. The van der Waals surface area contributed by atoms with Crippen molar-refractivity contribution in [2.24, 2.45) is 0 Å². The summed E-state index contributed by atoms with van der Waals surface area (Å²) < 4.78 is 7.63. The maximum absolute atomic E-state index is 12.3. The van der Waals surface area contributed by atoms with Gasteiger partial charge in [0.15, 0.2) is 5.75 Å². The first-order valence-corrected chi connectivity index (χ1v) is 8.60. The molecule has 0 bridgehead atoms. The minimum absolute atomic E-state index is 0.0247. The maximum Gasteiger partial charge on any atom is 0.290 e. The molecule has 1 amide bonds. The van der Waals surface area contributed by atoms with E-state index in [2.05, 4.69) is 10.3 Å². The largest absolute Gasteiger partial charge is 0.490 e. The molecule has 1 aromatic heterocycles. The second kappa shape index (κ2) is 11.1. The highest BCUT2D eigenvalue weighted by Gasteiger charge is 2.15. The van der Waals surface area contributed by atoms with Crippen molar-refractivity contribution in [1.82, 2.24) is 9.55 Å². The number of anilines is 1. The lowest BCUT2D eigenvalue weighted by molar-refractivity contribution is -0.123. The molecule has 0 aliphatic rings. The van der Waals surface area contributed by atoms with Crippen LogP contribution in [0.3, 0.4) is 0 Å². The molecule has 1 atom stereocenters. The van der Waals surface area contributed by atoms with Gasteiger partial charge in [0.2, 0.25) is 5.91 Å². The Morgan fingerprint density at radius 3 is 2.77 bits per heavy atom. The molecule has 8 heteroatoms. The molecule has 1 unspecified atom stereocenters. The summed E-state index contributed by atoms with van der Waals surface area (Å²) >= 11 is 6.17. The average Bonchev–Trinajstić information content (AvgIpc) is 3.01. The highest BCUT2D eigenvalue weighted by atomic mass is 35.5. The summed E-state index contributed by atoms with van der Waals surface area (Å²) in [5, 5.41) is 10.3. The van der Waals surface area contributed by atoms with Crippen LogP contribution < -0.4 is 10.1 Å². The first-order valence-electron chi connectivity index (χ1n) is 8.23. The standard InChI is InChI=1S/C17H22ClN3O2.CH2O2/c1-4-10-23-17-14(18)6-5-7-15(17)20-16(22)11-12(2)21-9-8-19-13(21)3;2-1-3/h5-9,12H,4,10-11H2,1-3H3,(H,20,22);1H,(H,2,3). The van der Waals surface area contributed by atoms with Crippen molar-refractivity contribution in [1.29, 1.82) is 0 Å². The maximum atomic E-state index is 12.3. The molecule has 2 aromatic rings. The molecule has 0 fully saturated rings. The number of aromatic nitrogens is 2. The second-order valence-electron chi connectivity index (χ2n) is 5.55. The number of hydrogen-bond acceptors (Lipinski definition) is 4. The van der Waals surface area contributed by atoms with Gasteiger partial charge in [-0.15, -0.1) is 0 Å². The number of carbonyl (C=O) groups excluding carboxylic acids is 1. The van der Waals surface area contributed by atoms with E-state index in [0.717, 1.165) is 12.2 Å². The topological polar surface area (TPSA) is 93.5 Å². The van der Waals surface area contributed by atoms with E-state index in [1.807, 2.05) is 31.5 Å². The van der Waals surface area contributed by atoms with Gasteiger partial charge in [-0.25, -0.2) is 4.98 Å². The smallest absolute Gasteiger partial charge is 0.290 e. The number of nitrogens with one attached hydrogen (secondary N) is 1. The predicted molar refractivity (Wildman–Crippen MR) is 101 cm³/mol. The van der Waals surface area contributed by atoms with Crippen molar-refractivity contribution in [2.45, 2.75) is 39.7 Å². The van der Waals surface area contributed by atoms with Crippen LogP contribution in [0.1, 0.15) is 38.6 Å². The Labute approximate surface area is 158 Å². The van der Waals surface area contributed by atoms with Crippen molar-refractivity contribution in [3.8, 4) is 5.75 Å². The minimum atomic E-state index is -0.250. The lowest BCUT2D eigenvalue weighted by Crippen LogP contribution is -2.18. The summed E-state index contributed by atoms with van der Waals surface area (Å²) in [6, 6.07) is 5.36. The lowest BCUT2D eigenvalue weighted by Gasteiger charge is -2.17. The van der Waals surface area contributed by atoms with Gasteiger partial charge in [-0.3, -0.25) is 9.59 Å². The first kappa shape index (κ1) is 21.5. The Hall–Kier alpha value is -2.54. The molecule has 2 N–H and O–H groups in total. The summed E-state index contributed by atoms with van der Waals surface area (Å²) in [4.78, 5) is 24.9. The van der Waals surface area contributed by atoms with Crippen LogP contribution in [0.2, 0.25) is 5.02 Å². The molecule has 0 saturated carbocycles. The van der Waals surface area contributed by atoms with Crippen LogP contribution in [0.25, 0.3) is 0 Å².